The molecule has 0 aliphatic carbocycles. The number of aromatic nitrogens is 2. The van der Waals surface area contributed by atoms with Gasteiger partial charge in [-0.05, 0) is 43.1 Å². The van der Waals surface area contributed by atoms with Gasteiger partial charge in [0.1, 0.15) is 0 Å². The Hall–Kier alpha value is -1.75. The van der Waals surface area contributed by atoms with Crippen molar-refractivity contribution in [3.8, 4) is 0 Å². The Labute approximate surface area is 124 Å². The predicted molar refractivity (Wildman–Crippen MR) is 79.0 cm³/mol. The molecule has 0 aliphatic rings. The monoisotopic (exact) mass is 293 g/mol. The fourth-order valence-corrected chi connectivity index (χ4v) is 2.47. The van der Waals surface area contributed by atoms with Crippen molar-refractivity contribution >= 4 is 0 Å². The Morgan fingerprint density at radius 2 is 2.00 bits per heavy atom. The zero-order valence-electron chi connectivity index (χ0n) is 12.4. The van der Waals surface area contributed by atoms with Crippen molar-refractivity contribution in [2.75, 3.05) is 6.54 Å². The third-order valence-electron chi connectivity index (χ3n) is 3.42. The topological polar surface area (TPSA) is 29.9 Å². The third-order valence-corrected chi connectivity index (χ3v) is 3.42. The molecule has 5 heteroatoms. The molecule has 0 aliphatic heterocycles. The molecule has 1 aromatic carbocycles. The van der Waals surface area contributed by atoms with Gasteiger partial charge in [0, 0.05) is 12.7 Å². The molecule has 2 rings (SSSR count). The van der Waals surface area contributed by atoms with Gasteiger partial charge in [-0.15, -0.1) is 0 Å². The molecule has 0 spiro atoms. The minimum Gasteiger partial charge on any atom is -0.309 e. The molecule has 2 aromatic rings. The number of aryl methyl sites for hydroxylation is 1. The van der Waals surface area contributed by atoms with Crippen LogP contribution in [0.4, 0.5) is 8.78 Å². The van der Waals surface area contributed by atoms with E-state index < -0.39 is 11.6 Å². The SMILES string of the molecule is CCCn1nccc1C(Cc1ccc(F)c(F)c1)NCC. The summed E-state index contributed by atoms with van der Waals surface area (Å²) in [6, 6.07) is 6.08. The number of likely N-dealkylation sites (N-methyl/N-ethyl adjacent to an activating group) is 1. The summed E-state index contributed by atoms with van der Waals surface area (Å²) >= 11 is 0. The Bertz CT molecular complexity index is 581. The standard InChI is InChI=1S/C16H21F2N3/c1-3-9-21-16(7-8-20-21)15(19-4-2)11-12-5-6-13(17)14(18)10-12/h5-8,10,15,19H,3-4,9,11H2,1-2H3. The van der Waals surface area contributed by atoms with Gasteiger partial charge in [-0.1, -0.05) is 19.9 Å². The van der Waals surface area contributed by atoms with Gasteiger partial charge in [0.05, 0.1) is 11.7 Å². The largest absolute Gasteiger partial charge is 0.309 e. The molecule has 1 aromatic heterocycles. The highest BCUT2D eigenvalue weighted by molar-refractivity contribution is 5.21. The highest BCUT2D eigenvalue weighted by Crippen LogP contribution is 2.20. The number of hydrogen-bond donors (Lipinski definition) is 1. The van der Waals surface area contributed by atoms with E-state index in [1.165, 1.54) is 12.1 Å². The van der Waals surface area contributed by atoms with Gasteiger partial charge >= 0.3 is 0 Å². The lowest BCUT2D eigenvalue weighted by atomic mass is 10.0. The van der Waals surface area contributed by atoms with Gasteiger partial charge in [0.25, 0.3) is 0 Å². The van der Waals surface area contributed by atoms with Crippen molar-refractivity contribution in [3.05, 3.63) is 53.4 Å². The quantitative estimate of drug-likeness (QED) is 0.847. The van der Waals surface area contributed by atoms with Crippen LogP contribution >= 0.6 is 0 Å². The summed E-state index contributed by atoms with van der Waals surface area (Å²) in [5, 5.41) is 7.71. The third kappa shape index (κ3) is 3.88. The number of nitrogens with one attached hydrogen (secondary N) is 1. The van der Waals surface area contributed by atoms with Gasteiger partial charge in [-0.2, -0.15) is 5.10 Å². The number of halogens is 2. The Morgan fingerprint density at radius 3 is 2.67 bits per heavy atom. The molecular formula is C16H21F2N3. The van der Waals surface area contributed by atoms with Crippen molar-refractivity contribution in [2.45, 2.75) is 39.3 Å². The van der Waals surface area contributed by atoms with Crippen LogP contribution in [-0.4, -0.2) is 16.3 Å². The first kappa shape index (κ1) is 15.6. The zero-order valence-corrected chi connectivity index (χ0v) is 12.4. The van der Waals surface area contributed by atoms with Crippen LogP contribution in [0.5, 0.6) is 0 Å². The van der Waals surface area contributed by atoms with E-state index in [9.17, 15) is 8.78 Å². The highest BCUT2D eigenvalue weighted by atomic mass is 19.2. The maximum atomic E-state index is 13.3. The summed E-state index contributed by atoms with van der Waals surface area (Å²) in [5.74, 6) is -1.61. The number of rotatable bonds is 7. The van der Waals surface area contributed by atoms with Crippen LogP contribution in [-0.2, 0) is 13.0 Å². The predicted octanol–water partition coefficient (Wildman–Crippen LogP) is 3.46. The van der Waals surface area contributed by atoms with Crippen LogP contribution in [0.25, 0.3) is 0 Å². The molecule has 0 fully saturated rings. The molecule has 0 bridgehead atoms. The fraction of sp³-hybridized carbons (Fsp3) is 0.438. The van der Waals surface area contributed by atoms with E-state index in [0.29, 0.717) is 6.42 Å². The van der Waals surface area contributed by atoms with E-state index in [1.54, 1.807) is 12.3 Å². The first-order valence-electron chi connectivity index (χ1n) is 7.34. The molecule has 1 atom stereocenters. The molecular weight excluding hydrogens is 272 g/mol. The fourth-order valence-electron chi connectivity index (χ4n) is 2.47. The normalized spacial score (nSPS) is 12.6. The average molecular weight is 293 g/mol. The molecule has 1 unspecified atom stereocenters. The van der Waals surface area contributed by atoms with E-state index in [-0.39, 0.29) is 6.04 Å². The maximum Gasteiger partial charge on any atom is 0.159 e. The van der Waals surface area contributed by atoms with E-state index in [1.807, 2.05) is 17.7 Å². The molecule has 3 nitrogen and oxygen atoms in total. The van der Waals surface area contributed by atoms with Crippen molar-refractivity contribution in [3.63, 3.8) is 0 Å². The summed E-state index contributed by atoms with van der Waals surface area (Å²) in [6.07, 6.45) is 3.37. The van der Waals surface area contributed by atoms with Crippen molar-refractivity contribution in [1.82, 2.24) is 15.1 Å². The van der Waals surface area contributed by atoms with Crippen LogP contribution in [0.3, 0.4) is 0 Å². The molecule has 0 amide bonds. The second-order valence-corrected chi connectivity index (χ2v) is 5.04. The molecule has 21 heavy (non-hydrogen) atoms. The lowest BCUT2D eigenvalue weighted by Gasteiger charge is -2.19. The number of benzene rings is 1. The lowest BCUT2D eigenvalue weighted by Crippen LogP contribution is -2.26. The minimum absolute atomic E-state index is 0.0360. The summed E-state index contributed by atoms with van der Waals surface area (Å²) in [5.41, 5.74) is 1.84. The van der Waals surface area contributed by atoms with Crippen molar-refractivity contribution in [2.24, 2.45) is 0 Å². The summed E-state index contributed by atoms with van der Waals surface area (Å²) in [4.78, 5) is 0. The van der Waals surface area contributed by atoms with Gasteiger partial charge in [0.15, 0.2) is 11.6 Å². The first-order chi connectivity index (χ1) is 10.2. The molecule has 1 N–H and O–H groups in total. The van der Waals surface area contributed by atoms with Crippen LogP contribution in [0.2, 0.25) is 0 Å². The first-order valence-corrected chi connectivity index (χ1v) is 7.34. The van der Waals surface area contributed by atoms with Gasteiger partial charge in [-0.3, -0.25) is 4.68 Å². The average Bonchev–Trinajstić information content (AvgIpc) is 2.91. The van der Waals surface area contributed by atoms with E-state index in [4.69, 9.17) is 0 Å². The Balaban J connectivity index is 2.22. The van der Waals surface area contributed by atoms with Gasteiger partial charge in [-0.25, -0.2) is 8.78 Å². The van der Waals surface area contributed by atoms with E-state index in [0.717, 1.165) is 30.8 Å². The van der Waals surface area contributed by atoms with E-state index >= 15 is 0 Å². The van der Waals surface area contributed by atoms with Gasteiger partial charge < -0.3 is 5.32 Å². The van der Waals surface area contributed by atoms with Crippen LogP contribution in [0.15, 0.2) is 30.5 Å². The summed E-state index contributed by atoms with van der Waals surface area (Å²) < 4.78 is 28.3. The smallest absolute Gasteiger partial charge is 0.159 e. The lowest BCUT2D eigenvalue weighted by molar-refractivity contribution is 0.474. The highest BCUT2D eigenvalue weighted by Gasteiger charge is 2.16. The number of nitrogens with zero attached hydrogens (tertiary/aromatic N) is 2. The van der Waals surface area contributed by atoms with Crippen LogP contribution in [0, 0.1) is 11.6 Å². The summed E-state index contributed by atoms with van der Waals surface area (Å²) in [6.45, 7) is 5.77. The molecule has 1 heterocycles. The molecule has 0 saturated carbocycles. The van der Waals surface area contributed by atoms with Crippen molar-refractivity contribution in [1.29, 1.82) is 0 Å². The zero-order chi connectivity index (χ0) is 15.2. The van der Waals surface area contributed by atoms with Crippen LogP contribution in [0.1, 0.15) is 37.6 Å². The Morgan fingerprint density at radius 1 is 1.19 bits per heavy atom. The van der Waals surface area contributed by atoms with Crippen molar-refractivity contribution < 1.29 is 8.78 Å². The van der Waals surface area contributed by atoms with Gasteiger partial charge in [0.2, 0.25) is 0 Å². The summed E-state index contributed by atoms with van der Waals surface area (Å²) in [7, 11) is 0. The molecule has 0 saturated heterocycles. The second kappa shape index (κ2) is 7.31. The minimum atomic E-state index is -0.810. The number of hydrogen-bond acceptors (Lipinski definition) is 2. The van der Waals surface area contributed by atoms with Crippen LogP contribution < -0.4 is 5.32 Å². The molecule has 0 radical (unpaired) electrons. The maximum absolute atomic E-state index is 13.3. The second-order valence-electron chi connectivity index (χ2n) is 5.04. The Kier molecular flexibility index (Phi) is 5.44. The van der Waals surface area contributed by atoms with E-state index in [2.05, 4.69) is 17.3 Å². The molecule has 114 valence electrons.